The van der Waals surface area contributed by atoms with E-state index in [2.05, 4.69) is 29.0 Å². The lowest BCUT2D eigenvalue weighted by Crippen LogP contribution is -2.24. The minimum Gasteiger partial charge on any atom is -0.478 e. The average Bonchev–Trinajstić information content (AvgIpc) is 3.22. The summed E-state index contributed by atoms with van der Waals surface area (Å²) in [6.07, 6.45) is 0. The van der Waals surface area contributed by atoms with E-state index < -0.39 is 11.9 Å². The Hall–Kier alpha value is -5.92. The lowest BCUT2D eigenvalue weighted by molar-refractivity contribution is 0.0680. The van der Waals surface area contributed by atoms with E-state index in [0.29, 0.717) is 16.7 Å². The van der Waals surface area contributed by atoms with Gasteiger partial charge in [-0.2, -0.15) is 0 Å². The third kappa shape index (κ3) is 6.75. The van der Waals surface area contributed by atoms with Crippen molar-refractivity contribution in [3.05, 3.63) is 142 Å². The molecule has 0 aromatic heterocycles. The zero-order valence-corrected chi connectivity index (χ0v) is 22.3. The van der Waals surface area contributed by atoms with Crippen molar-refractivity contribution in [1.82, 2.24) is 10.2 Å². The van der Waals surface area contributed by atoms with Crippen LogP contribution in [0.3, 0.4) is 0 Å². The van der Waals surface area contributed by atoms with Crippen LogP contribution in [-0.4, -0.2) is 47.8 Å². The third-order valence-corrected chi connectivity index (χ3v) is 6.06. The predicted octanol–water partition coefficient (Wildman–Crippen LogP) is 4.46. The van der Waals surface area contributed by atoms with Gasteiger partial charge in [0.25, 0.3) is 17.7 Å². The molecule has 7 heteroatoms. The molecule has 7 nitrogen and oxygen atoms in total. The Morgan fingerprint density at radius 2 is 1.12 bits per heavy atom. The van der Waals surface area contributed by atoms with E-state index >= 15 is 0 Å². The third-order valence-electron chi connectivity index (χ3n) is 6.06. The van der Waals surface area contributed by atoms with Gasteiger partial charge in [0, 0.05) is 36.3 Å². The number of nitrogens with zero attached hydrogens (tertiary/aromatic N) is 1. The number of carbonyl (C=O) groups is 4. The molecule has 200 valence electrons. The Kier molecular flexibility index (Phi) is 8.74. The molecule has 0 saturated heterocycles. The van der Waals surface area contributed by atoms with Gasteiger partial charge in [0.1, 0.15) is 0 Å². The van der Waals surface area contributed by atoms with E-state index in [4.69, 9.17) is 5.11 Å². The van der Waals surface area contributed by atoms with Crippen molar-refractivity contribution in [3.8, 4) is 23.7 Å². The van der Waals surface area contributed by atoms with Gasteiger partial charge >= 0.3 is 5.97 Å². The lowest BCUT2D eigenvalue weighted by Gasteiger charge is -2.05. The highest BCUT2D eigenvalue weighted by atomic mass is 16.4. The summed E-state index contributed by atoms with van der Waals surface area (Å²) < 4.78 is 0. The van der Waals surface area contributed by atoms with Gasteiger partial charge in [0.2, 0.25) is 0 Å². The van der Waals surface area contributed by atoms with Crippen molar-refractivity contribution in [3.63, 3.8) is 0 Å². The maximum Gasteiger partial charge on any atom is 0.336 e. The number of rotatable bonds is 2. The number of nitrogens with one attached hydrogen (secondary N) is 1. The van der Waals surface area contributed by atoms with E-state index in [1.807, 2.05) is 60.7 Å². The fourth-order valence-electron chi connectivity index (χ4n) is 3.90. The maximum absolute atomic E-state index is 11.9. The Morgan fingerprint density at radius 1 is 0.634 bits per heavy atom. The number of carboxylic acids is 1. The van der Waals surface area contributed by atoms with Gasteiger partial charge in [-0.25, -0.2) is 4.79 Å². The van der Waals surface area contributed by atoms with Crippen LogP contribution >= 0.6 is 0 Å². The fraction of sp³-hybridized carbons (Fsp3) is 0.0588. The molecule has 4 aromatic carbocycles. The molecule has 2 N–H and O–H groups in total. The molecule has 0 aliphatic carbocycles. The van der Waals surface area contributed by atoms with Gasteiger partial charge in [-0.1, -0.05) is 60.1 Å². The van der Waals surface area contributed by atoms with Crippen molar-refractivity contribution in [2.24, 2.45) is 0 Å². The zero-order chi connectivity index (χ0) is 29.4. The first kappa shape index (κ1) is 28.1. The van der Waals surface area contributed by atoms with Crippen LogP contribution in [0, 0.1) is 23.7 Å². The van der Waals surface area contributed by atoms with E-state index in [1.54, 1.807) is 24.3 Å². The molecule has 5 rings (SSSR count). The summed E-state index contributed by atoms with van der Waals surface area (Å²) >= 11 is 0. The standard InChI is InChI=1S/C17H13NO3.C17H11NO2/c1-18-16(19)15-11-13(9-10-14(15)17(20)21)8-7-12-5-3-2-4-6-12;1-18-16(19)14-10-9-13(11-15(14)17(18)20)8-7-12-5-3-2-4-6-12/h2-6,9-11H,1H3,(H,18,19)(H,20,21);2-6,9-11H,1H3. The molecular weight excluding hydrogens is 516 g/mol. The molecule has 0 saturated carbocycles. The maximum atomic E-state index is 11.9. The zero-order valence-electron chi connectivity index (χ0n) is 22.3. The largest absolute Gasteiger partial charge is 0.478 e. The van der Waals surface area contributed by atoms with Crippen LogP contribution in [0.15, 0.2) is 97.1 Å². The molecule has 1 aliphatic heterocycles. The van der Waals surface area contributed by atoms with Gasteiger partial charge in [-0.05, 0) is 60.7 Å². The molecule has 0 spiro atoms. The molecule has 0 unspecified atom stereocenters. The van der Waals surface area contributed by atoms with Crippen molar-refractivity contribution in [2.75, 3.05) is 14.1 Å². The van der Waals surface area contributed by atoms with E-state index in [1.165, 1.54) is 26.2 Å². The minimum atomic E-state index is -1.14. The molecule has 1 heterocycles. The summed E-state index contributed by atoms with van der Waals surface area (Å²) in [5.41, 5.74) is 4.00. The summed E-state index contributed by atoms with van der Waals surface area (Å²) in [6.45, 7) is 0. The summed E-state index contributed by atoms with van der Waals surface area (Å²) in [7, 11) is 2.94. The number of amides is 3. The molecule has 4 aromatic rings. The quantitative estimate of drug-likeness (QED) is 0.289. The number of carbonyl (C=O) groups excluding carboxylic acids is 3. The van der Waals surface area contributed by atoms with E-state index in [-0.39, 0.29) is 22.9 Å². The van der Waals surface area contributed by atoms with E-state index in [9.17, 15) is 19.2 Å². The molecule has 1 aliphatic rings. The van der Waals surface area contributed by atoms with Gasteiger partial charge in [-0.3, -0.25) is 19.3 Å². The van der Waals surface area contributed by atoms with Crippen LogP contribution < -0.4 is 5.32 Å². The fourth-order valence-corrected chi connectivity index (χ4v) is 3.90. The smallest absolute Gasteiger partial charge is 0.336 e. The van der Waals surface area contributed by atoms with Gasteiger partial charge in [0.05, 0.1) is 22.3 Å². The van der Waals surface area contributed by atoms with Crippen molar-refractivity contribution in [2.45, 2.75) is 0 Å². The SMILES string of the molecule is CN1C(=O)c2ccc(C#Cc3ccccc3)cc2C1=O.CNC(=O)c1cc(C#Cc2ccccc2)ccc1C(=O)O. The topological polar surface area (TPSA) is 104 Å². The first-order valence-corrected chi connectivity index (χ1v) is 12.5. The number of hydrogen-bond donors (Lipinski definition) is 2. The number of benzene rings is 4. The highest BCUT2D eigenvalue weighted by Gasteiger charge is 2.32. The van der Waals surface area contributed by atoms with Crippen LogP contribution in [-0.2, 0) is 0 Å². The second-order valence-electron chi connectivity index (χ2n) is 8.81. The van der Waals surface area contributed by atoms with Crippen molar-refractivity contribution < 1.29 is 24.3 Å². The van der Waals surface area contributed by atoms with Crippen LogP contribution in [0.1, 0.15) is 63.7 Å². The molecule has 3 amide bonds. The lowest BCUT2D eigenvalue weighted by atomic mass is 10.0. The monoisotopic (exact) mass is 540 g/mol. The second kappa shape index (κ2) is 12.8. The van der Waals surface area contributed by atoms with Crippen molar-refractivity contribution in [1.29, 1.82) is 0 Å². The second-order valence-corrected chi connectivity index (χ2v) is 8.81. The summed E-state index contributed by atoms with van der Waals surface area (Å²) in [5.74, 6) is 9.81. The molecule has 0 radical (unpaired) electrons. The summed E-state index contributed by atoms with van der Waals surface area (Å²) in [6, 6.07) is 28.6. The summed E-state index contributed by atoms with van der Waals surface area (Å²) in [4.78, 5) is 47.6. The van der Waals surface area contributed by atoms with Gasteiger partial charge < -0.3 is 10.4 Å². The number of carboxylic acid groups (broad SMARTS) is 1. The van der Waals surface area contributed by atoms with E-state index in [0.717, 1.165) is 21.6 Å². The highest BCUT2D eigenvalue weighted by molar-refractivity contribution is 6.21. The average molecular weight is 541 g/mol. The van der Waals surface area contributed by atoms with Crippen molar-refractivity contribution >= 4 is 23.7 Å². The normalized spacial score (nSPS) is 11.1. The first-order chi connectivity index (χ1) is 19.8. The molecular formula is C34H24N2O5. The number of fused-ring (bicyclic) bond motifs is 1. The first-order valence-electron chi connectivity index (χ1n) is 12.5. The van der Waals surface area contributed by atoms with Crippen LogP contribution in [0.4, 0.5) is 0 Å². The molecule has 0 fully saturated rings. The Balaban J connectivity index is 0.000000189. The highest BCUT2D eigenvalue weighted by Crippen LogP contribution is 2.22. The van der Waals surface area contributed by atoms with Crippen LogP contribution in [0.25, 0.3) is 0 Å². The Morgan fingerprint density at radius 3 is 1.66 bits per heavy atom. The molecule has 0 bridgehead atoms. The van der Waals surface area contributed by atoms with Crippen LogP contribution in [0.2, 0.25) is 0 Å². The van der Waals surface area contributed by atoms with Crippen LogP contribution in [0.5, 0.6) is 0 Å². The Labute approximate surface area is 237 Å². The minimum absolute atomic E-state index is 0.0420. The molecule has 0 atom stereocenters. The number of aromatic carboxylic acids is 1. The van der Waals surface area contributed by atoms with Gasteiger partial charge in [-0.15, -0.1) is 0 Å². The Bertz CT molecular complexity index is 1770. The number of hydrogen-bond acceptors (Lipinski definition) is 4. The van der Waals surface area contributed by atoms with Gasteiger partial charge in [0.15, 0.2) is 0 Å². The number of imide groups is 1. The summed E-state index contributed by atoms with van der Waals surface area (Å²) in [5, 5.41) is 11.5. The predicted molar refractivity (Wildman–Crippen MR) is 155 cm³/mol. The molecule has 41 heavy (non-hydrogen) atoms.